The molecule has 0 bridgehead atoms. The predicted octanol–water partition coefficient (Wildman–Crippen LogP) is 3.42. The summed E-state index contributed by atoms with van der Waals surface area (Å²) < 4.78 is 0. The highest BCUT2D eigenvalue weighted by Crippen LogP contribution is 2.40. The molecule has 0 unspecified atom stereocenters. The van der Waals surface area contributed by atoms with E-state index in [1.807, 2.05) is 6.07 Å². The molecule has 5 nitrogen and oxygen atoms in total. The van der Waals surface area contributed by atoms with E-state index in [9.17, 15) is 14.7 Å². The number of hydrogen-bond acceptors (Lipinski definition) is 5. The van der Waals surface area contributed by atoms with Gasteiger partial charge in [0.15, 0.2) is 0 Å². The van der Waals surface area contributed by atoms with Gasteiger partial charge in [-0.2, -0.15) is 0 Å². The van der Waals surface area contributed by atoms with E-state index in [2.05, 4.69) is 4.98 Å². The molecule has 3 aromatic heterocycles. The molecule has 0 aliphatic carbocycles. The van der Waals surface area contributed by atoms with Gasteiger partial charge < -0.3 is 10.0 Å². The molecule has 1 N–H and O–H groups in total. The van der Waals surface area contributed by atoms with Gasteiger partial charge in [-0.1, -0.05) is 0 Å². The molecule has 0 radical (unpaired) electrons. The zero-order valence-electron chi connectivity index (χ0n) is 11.9. The maximum atomic E-state index is 12.0. The van der Waals surface area contributed by atoms with Gasteiger partial charge in [0.2, 0.25) is 0 Å². The fourth-order valence-corrected chi connectivity index (χ4v) is 4.29. The topological polar surface area (TPSA) is 70.5 Å². The second-order valence-corrected chi connectivity index (χ2v) is 6.91. The van der Waals surface area contributed by atoms with Gasteiger partial charge in [-0.15, -0.1) is 22.7 Å². The first-order valence-electron chi connectivity index (χ1n) is 6.41. The van der Waals surface area contributed by atoms with Gasteiger partial charge in [0.25, 0.3) is 5.91 Å². The predicted molar refractivity (Wildman–Crippen MR) is 87.9 cm³/mol. The molecule has 0 saturated heterocycles. The molecule has 0 aromatic carbocycles. The minimum absolute atomic E-state index is 0.0919. The minimum Gasteiger partial charge on any atom is -0.477 e. The third-order valence-electron chi connectivity index (χ3n) is 3.13. The van der Waals surface area contributed by atoms with Crippen LogP contribution >= 0.6 is 22.7 Å². The van der Waals surface area contributed by atoms with Crippen molar-refractivity contribution in [1.82, 2.24) is 9.88 Å². The number of thiophene rings is 2. The van der Waals surface area contributed by atoms with Crippen LogP contribution < -0.4 is 0 Å². The van der Waals surface area contributed by atoms with E-state index in [1.54, 1.807) is 38.5 Å². The molecule has 0 aliphatic rings. The smallest absolute Gasteiger partial charge is 0.346 e. The summed E-state index contributed by atoms with van der Waals surface area (Å²) in [5, 5.41) is 10.2. The summed E-state index contributed by atoms with van der Waals surface area (Å²) in [6, 6.07) is 7.16. The van der Waals surface area contributed by atoms with E-state index in [4.69, 9.17) is 0 Å². The molecule has 0 atom stereocenters. The first-order valence-corrected chi connectivity index (χ1v) is 8.05. The second kappa shape index (κ2) is 5.51. The number of nitrogens with zero attached hydrogens (tertiary/aromatic N) is 2. The molecule has 3 aromatic rings. The molecule has 112 valence electrons. The molecule has 3 rings (SSSR count). The van der Waals surface area contributed by atoms with Crippen molar-refractivity contribution in [2.24, 2.45) is 0 Å². The van der Waals surface area contributed by atoms with Crippen LogP contribution in [0, 0.1) is 0 Å². The number of carbonyl (C=O) groups excluding carboxylic acids is 1. The Kier molecular flexibility index (Phi) is 3.67. The van der Waals surface area contributed by atoms with Gasteiger partial charge in [0.1, 0.15) is 9.71 Å². The van der Waals surface area contributed by atoms with Crippen LogP contribution in [0.2, 0.25) is 0 Å². The Bertz CT molecular complexity index is 880. The molecule has 0 spiro atoms. The Morgan fingerprint density at radius 2 is 1.95 bits per heavy atom. The number of aromatic carboxylic acids is 1. The zero-order chi connectivity index (χ0) is 15.9. The number of carboxylic acids is 1. The summed E-state index contributed by atoms with van der Waals surface area (Å²) in [6.07, 6.45) is 1.64. The highest BCUT2D eigenvalue weighted by Gasteiger charge is 2.22. The van der Waals surface area contributed by atoms with Crippen molar-refractivity contribution >= 4 is 44.8 Å². The normalized spacial score (nSPS) is 10.8. The van der Waals surface area contributed by atoms with Crippen molar-refractivity contribution in [3.8, 4) is 10.4 Å². The van der Waals surface area contributed by atoms with Crippen LogP contribution in [0.25, 0.3) is 20.7 Å². The summed E-state index contributed by atoms with van der Waals surface area (Å²) in [5.74, 6) is -1.07. The molecule has 0 saturated carbocycles. The van der Waals surface area contributed by atoms with E-state index >= 15 is 0 Å². The highest BCUT2D eigenvalue weighted by molar-refractivity contribution is 7.22. The number of carbonyl (C=O) groups is 2. The summed E-state index contributed by atoms with van der Waals surface area (Å²) in [5.41, 5.74) is 0.642. The maximum Gasteiger partial charge on any atom is 0.346 e. The van der Waals surface area contributed by atoms with Crippen molar-refractivity contribution < 1.29 is 14.7 Å². The molecule has 7 heteroatoms. The van der Waals surface area contributed by atoms with Crippen molar-refractivity contribution in [2.75, 3.05) is 14.1 Å². The molecule has 0 aliphatic heterocycles. The van der Waals surface area contributed by atoms with Gasteiger partial charge >= 0.3 is 5.97 Å². The van der Waals surface area contributed by atoms with E-state index in [0.29, 0.717) is 15.3 Å². The van der Waals surface area contributed by atoms with Crippen LogP contribution in [0.1, 0.15) is 19.3 Å². The summed E-state index contributed by atoms with van der Waals surface area (Å²) in [4.78, 5) is 31.6. The van der Waals surface area contributed by atoms with Gasteiger partial charge in [0, 0.05) is 36.1 Å². The average Bonchev–Trinajstić information content (AvgIpc) is 3.10. The average molecular weight is 332 g/mol. The number of hydrogen-bond donors (Lipinski definition) is 1. The van der Waals surface area contributed by atoms with Crippen LogP contribution in [0.3, 0.4) is 0 Å². The summed E-state index contributed by atoms with van der Waals surface area (Å²) >= 11 is 2.45. The van der Waals surface area contributed by atoms with Gasteiger partial charge in [-0.3, -0.25) is 4.79 Å². The first-order chi connectivity index (χ1) is 10.5. The van der Waals surface area contributed by atoms with Crippen LogP contribution in [0.5, 0.6) is 0 Å². The quantitative estimate of drug-likeness (QED) is 0.798. The molecule has 0 fully saturated rings. The lowest BCUT2D eigenvalue weighted by Gasteiger charge is -2.07. The van der Waals surface area contributed by atoms with Crippen molar-refractivity contribution in [1.29, 1.82) is 0 Å². The fourth-order valence-electron chi connectivity index (χ4n) is 2.14. The summed E-state index contributed by atoms with van der Waals surface area (Å²) in [7, 11) is 3.38. The van der Waals surface area contributed by atoms with E-state index in [0.717, 1.165) is 21.6 Å². The second-order valence-electron chi connectivity index (χ2n) is 4.83. The number of rotatable bonds is 3. The third kappa shape index (κ3) is 2.38. The van der Waals surface area contributed by atoms with Gasteiger partial charge in [0.05, 0.1) is 4.88 Å². The molecule has 22 heavy (non-hydrogen) atoms. The standard InChI is InChI=1S/C15H12N2O3S2/c1-17(2)14(18)10-6-5-9(21-10)11-8-4-3-7-16-13(8)22-12(11)15(19)20/h3-7H,1-2H3,(H,19,20). The Morgan fingerprint density at radius 1 is 1.18 bits per heavy atom. The zero-order valence-corrected chi connectivity index (χ0v) is 13.5. The van der Waals surface area contributed by atoms with Crippen molar-refractivity contribution in [2.45, 2.75) is 0 Å². The Morgan fingerprint density at radius 3 is 2.64 bits per heavy atom. The van der Waals surface area contributed by atoms with E-state index < -0.39 is 5.97 Å². The lowest BCUT2D eigenvalue weighted by Crippen LogP contribution is -2.20. The largest absolute Gasteiger partial charge is 0.477 e. The number of carboxylic acid groups (broad SMARTS) is 1. The molecular weight excluding hydrogens is 320 g/mol. The number of aromatic nitrogens is 1. The molecular formula is C15H12N2O3S2. The SMILES string of the molecule is CN(C)C(=O)c1ccc(-c2c(C(=O)O)sc3ncccc23)s1. The number of amides is 1. The van der Waals surface area contributed by atoms with Crippen LogP contribution in [-0.2, 0) is 0 Å². The number of fused-ring (bicyclic) bond motifs is 1. The lowest BCUT2D eigenvalue weighted by atomic mass is 10.1. The minimum atomic E-state index is -0.980. The molecule has 3 heterocycles. The Labute approximate surface area is 134 Å². The van der Waals surface area contributed by atoms with Crippen LogP contribution in [-0.4, -0.2) is 41.0 Å². The van der Waals surface area contributed by atoms with E-state index in [1.165, 1.54) is 16.2 Å². The number of pyridine rings is 1. The maximum absolute atomic E-state index is 12.0. The van der Waals surface area contributed by atoms with Crippen molar-refractivity contribution in [3.63, 3.8) is 0 Å². The lowest BCUT2D eigenvalue weighted by molar-refractivity contribution is 0.0702. The monoisotopic (exact) mass is 332 g/mol. The highest BCUT2D eigenvalue weighted by atomic mass is 32.1. The van der Waals surface area contributed by atoms with Crippen molar-refractivity contribution in [3.05, 3.63) is 40.2 Å². The van der Waals surface area contributed by atoms with E-state index in [-0.39, 0.29) is 10.8 Å². The molecule has 1 amide bonds. The van der Waals surface area contributed by atoms with Gasteiger partial charge in [-0.05, 0) is 24.3 Å². The van der Waals surface area contributed by atoms with Crippen LogP contribution in [0.4, 0.5) is 0 Å². The van der Waals surface area contributed by atoms with Crippen LogP contribution in [0.15, 0.2) is 30.5 Å². The Balaban J connectivity index is 2.19. The Hall–Kier alpha value is -2.25. The van der Waals surface area contributed by atoms with Gasteiger partial charge in [-0.25, -0.2) is 9.78 Å². The third-order valence-corrected chi connectivity index (χ3v) is 5.32. The fraction of sp³-hybridized carbons (Fsp3) is 0.133. The summed E-state index contributed by atoms with van der Waals surface area (Å²) in [6.45, 7) is 0. The first kappa shape index (κ1) is 14.7.